The predicted molar refractivity (Wildman–Crippen MR) is 120 cm³/mol. The number of rotatable bonds is 3. The first-order valence-electron chi connectivity index (χ1n) is 11.3. The van der Waals surface area contributed by atoms with Crippen LogP contribution in [0, 0.1) is 17.3 Å². The molecule has 0 aromatic heterocycles. The van der Waals surface area contributed by atoms with Crippen LogP contribution in [0.15, 0.2) is 48.5 Å². The fraction of sp³-hybridized carbons (Fsp3) is 0.481. The summed E-state index contributed by atoms with van der Waals surface area (Å²) < 4.78 is 5.25. The van der Waals surface area contributed by atoms with E-state index in [4.69, 9.17) is 4.74 Å². The lowest BCUT2D eigenvalue weighted by Crippen LogP contribution is -2.49. The van der Waals surface area contributed by atoms with Crippen molar-refractivity contribution in [1.82, 2.24) is 0 Å². The van der Waals surface area contributed by atoms with Crippen LogP contribution < -0.4 is 4.74 Å². The van der Waals surface area contributed by atoms with Crippen LogP contribution >= 0.6 is 0 Å². The van der Waals surface area contributed by atoms with Gasteiger partial charge in [0.05, 0.1) is 12.7 Å². The van der Waals surface area contributed by atoms with Crippen LogP contribution in [-0.2, 0) is 6.42 Å². The zero-order valence-corrected chi connectivity index (χ0v) is 18.0. The monoisotopic (exact) mass is 404 g/mol. The van der Waals surface area contributed by atoms with Crippen LogP contribution in [0.3, 0.4) is 0 Å². The summed E-state index contributed by atoms with van der Waals surface area (Å²) in [7, 11) is 1.68. The molecule has 30 heavy (non-hydrogen) atoms. The number of ether oxygens (including phenoxy) is 1. The second-order valence-electron chi connectivity index (χ2n) is 9.82. The third-order valence-corrected chi connectivity index (χ3v) is 8.59. The molecular formula is C27H32O3. The van der Waals surface area contributed by atoms with E-state index in [1.54, 1.807) is 7.11 Å². The Balaban J connectivity index is 1.40. The third-order valence-electron chi connectivity index (χ3n) is 8.59. The maximum absolute atomic E-state index is 11.8. The van der Waals surface area contributed by atoms with E-state index in [1.165, 1.54) is 17.5 Å². The predicted octanol–water partition coefficient (Wildman–Crippen LogP) is 5.70. The summed E-state index contributed by atoms with van der Waals surface area (Å²) in [5.41, 5.74) is 3.03. The van der Waals surface area contributed by atoms with Crippen molar-refractivity contribution in [1.29, 1.82) is 0 Å². The van der Waals surface area contributed by atoms with Gasteiger partial charge in [0.25, 0.3) is 0 Å². The number of hydrogen-bond acceptors (Lipinski definition) is 3. The van der Waals surface area contributed by atoms with Crippen molar-refractivity contribution in [2.24, 2.45) is 17.3 Å². The Morgan fingerprint density at radius 1 is 1.03 bits per heavy atom. The molecule has 2 aromatic rings. The van der Waals surface area contributed by atoms with Crippen LogP contribution in [0.2, 0.25) is 0 Å². The number of benzene rings is 2. The zero-order chi connectivity index (χ0) is 20.9. The van der Waals surface area contributed by atoms with Gasteiger partial charge in [0.2, 0.25) is 0 Å². The summed E-state index contributed by atoms with van der Waals surface area (Å²) in [6.45, 7) is 2.32. The average molecular weight is 405 g/mol. The molecule has 3 heteroatoms. The van der Waals surface area contributed by atoms with E-state index in [1.807, 2.05) is 36.4 Å². The first-order chi connectivity index (χ1) is 14.4. The summed E-state index contributed by atoms with van der Waals surface area (Å²) in [6, 6.07) is 14.0. The summed E-state index contributed by atoms with van der Waals surface area (Å²) in [6.07, 6.45) is 10.5. The molecule has 0 radical (unpaired) electrons. The van der Waals surface area contributed by atoms with Gasteiger partial charge in [0, 0.05) is 5.41 Å². The lowest BCUT2D eigenvalue weighted by atomic mass is 9.53. The summed E-state index contributed by atoms with van der Waals surface area (Å²) in [5.74, 6) is 2.98. The molecule has 0 spiro atoms. The van der Waals surface area contributed by atoms with Crippen molar-refractivity contribution in [3.63, 3.8) is 0 Å². The van der Waals surface area contributed by atoms with Crippen molar-refractivity contribution in [3.8, 4) is 11.5 Å². The van der Waals surface area contributed by atoms with Crippen molar-refractivity contribution in [2.75, 3.05) is 7.11 Å². The molecule has 0 bridgehead atoms. The van der Waals surface area contributed by atoms with Crippen LogP contribution in [0.5, 0.6) is 11.5 Å². The topological polar surface area (TPSA) is 49.7 Å². The highest BCUT2D eigenvalue weighted by molar-refractivity contribution is 5.52. The molecule has 3 aliphatic rings. The van der Waals surface area contributed by atoms with Gasteiger partial charge < -0.3 is 14.9 Å². The van der Waals surface area contributed by atoms with Crippen LogP contribution in [-0.4, -0.2) is 22.9 Å². The Morgan fingerprint density at radius 3 is 2.60 bits per heavy atom. The number of aryl methyl sites for hydroxylation is 1. The van der Waals surface area contributed by atoms with E-state index >= 15 is 0 Å². The van der Waals surface area contributed by atoms with Gasteiger partial charge in [-0.25, -0.2) is 0 Å². The highest BCUT2D eigenvalue weighted by Crippen LogP contribution is 2.64. The summed E-state index contributed by atoms with van der Waals surface area (Å²) in [5, 5.41) is 21.7. The quantitative estimate of drug-likeness (QED) is 0.690. The fourth-order valence-electron chi connectivity index (χ4n) is 6.84. The van der Waals surface area contributed by atoms with Gasteiger partial charge in [-0.3, -0.25) is 0 Å². The van der Waals surface area contributed by atoms with Crippen LogP contribution in [0.1, 0.15) is 61.6 Å². The maximum Gasteiger partial charge on any atom is 0.118 e. The minimum Gasteiger partial charge on any atom is -0.508 e. The molecule has 158 valence electrons. The Labute approximate surface area is 179 Å². The molecule has 0 saturated heterocycles. The number of aromatic hydroxyl groups is 1. The summed E-state index contributed by atoms with van der Waals surface area (Å²) in [4.78, 5) is 0. The van der Waals surface area contributed by atoms with E-state index in [0.29, 0.717) is 23.5 Å². The number of aliphatic hydroxyl groups is 1. The van der Waals surface area contributed by atoms with Gasteiger partial charge in [0.15, 0.2) is 0 Å². The summed E-state index contributed by atoms with van der Waals surface area (Å²) >= 11 is 0. The van der Waals surface area contributed by atoms with Gasteiger partial charge in [-0.1, -0.05) is 37.3 Å². The number of hydrogen-bond donors (Lipinski definition) is 2. The lowest BCUT2D eigenvalue weighted by Gasteiger charge is -2.52. The molecule has 0 aliphatic heterocycles. The SMILES string of the molecule is COc1ccc(/C=C/[C@]2(O)CC[C@H]3[C@@H]4CCc5cc(O)ccc5[C@H]4CC[C@@]32C)cc1. The second kappa shape index (κ2) is 7.16. The Kier molecular flexibility index (Phi) is 4.70. The van der Waals surface area contributed by atoms with Crippen molar-refractivity contribution in [2.45, 2.75) is 57.0 Å². The lowest BCUT2D eigenvalue weighted by molar-refractivity contribution is -0.0705. The molecule has 2 saturated carbocycles. The molecule has 3 aliphatic carbocycles. The molecule has 2 fully saturated rings. The van der Waals surface area contributed by atoms with E-state index in [-0.39, 0.29) is 5.41 Å². The smallest absolute Gasteiger partial charge is 0.118 e. The molecule has 5 rings (SSSR count). The number of methoxy groups -OCH3 is 1. The highest BCUT2D eigenvalue weighted by Gasteiger charge is 2.60. The van der Waals surface area contributed by atoms with Crippen LogP contribution in [0.25, 0.3) is 6.08 Å². The average Bonchev–Trinajstić information content (AvgIpc) is 3.03. The fourth-order valence-corrected chi connectivity index (χ4v) is 6.84. The van der Waals surface area contributed by atoms with E-state index in [9.17, 15) is 10.2 Å². The van der Waals surface area contributed by atoms with Gasteiger partial charge >= 0.3 is 0 Å². The largest absolute Gasteiger partial charge is 0.508 e. The number of fused-ring (bicyclic) bond motifs is 5. The third kappa shape index (κ3) is 2.98. The molecule has 2 aromatic carbocycles. The zero-order valence-electron chi connectivity index (χ0n) is 18.0. The maximum atomic E-state index is 11.8. The van der Waals surface area contributed by atoms with Gasteiger partial charge in [-0.05, 0) is 97.2 Å². The highest BCUT2D eigenvalue weighted by atomic mass is 16.5. The standard InChI is InChI=1S/C27H32O3/c1-26-14-12-23-22-10-6-20(28)17-19(22)5-9-24(23)25(26)13-16-27(26,29)15-11-18-3-7-21(30-2)8-4-18/h3-4,6-8,10-11,15,17,23-25,28-29H,5,9,12-14,16H2,1-2H3/b15-11+/t23-,24-,25+,26+,27+/m1/s1. The van der Waals surface area contributed by atoms with Crippen molar-refractivity contribution < 1.29 is 14.9 Å². The minimum absolute atomic E-state index is 0.0778. The van der Waals surface area contributed by atoms with Gasteiger partial charge in [-0.15, -0.1) is 0 Å². The van der Waals surface area contributed by atoms with Crippen molar-refractivity contribution in [3.05, 3.63) is 65.2 Å². The first kappa shape index (κ1) is 19.7. The molecular weight excluding hydrogens is 372 g/mol. The Hall–Kier alpha value is -2.26. The first-order valence-corrected chi connectivity index (χ1v) is 11.3. The molecule has 2 N–H and O–H groups in total. The van der Waals surface area contributed by atoms with Gasteiger partial charge in [0.1, 0.15) is 11.5 Å². The van der Waals surface area contributed by atoms with E-state index in [2.05, 4.69) is 25.1 Å². The normalized spacial score (nSPS) is 35.0. The van der Waals surface area contributed by atoms with Crippen molar-refractivity contribution >= 4 is 6.08 Å². The van der Waals surface area contributed by atoms with Crippen LogP contribution in [0.4, 0.5) is 0 Å². The van der Waals surface area contributed by atoms with E-state index in [0.717, 1.165) is 43.4 Å². The van der Waals surface area contributed by atoms with E-state index < -0.39 is 5.60 Å². The van der Waals surface area contributed by atoms with Gasteiger partial charge in [-0.2, -0.15) is 0 Å². The number of phenols is 1. The molecule has 3 nitrogen and oxygen atoms in total. The Bertz CT molecular complexity index is 963. The molecule has 0 heterocycles. The molecule has 0 amide bonds. The Morgan fingerprint density at radius 2 is 1.83 bits per heavy atom. The second-order valence-corrected chi connectivity index (χ2v) is 9.82. The number of phenolic OH excluding ortho intramolecular Hbond substituents is 1. The molecule has 5 atom stereocenters. The minimum atomic E-state index is -0.752. The molecule has 0 unspecified atom stereocenters.